The third-order valence-corrected chi connectivity index (χ3v) is 5.57. The van der Waals surface area contributed by atoms with Crippen LogP contribution < -0.4 is 14.2 Å². The molecule has 3 rings (SSSR count). The molecule has 0 bridgehead atoms. The Morgan fingerprint density at radius 1 is 1.03 bits per heavy atom. The number of hydrogen-bond donors (Lipinski definition) is 1. The summed E-state index contributed by atoms with van der Waals surface area (Å²) < 4.78 is 35.7. The molecule has 2 aromatic rings. The van der Waals surface area contributed by atoms with Crippen molar-refractivity contribution in [2.45, 2.75) is 19.9 Å². The standard InChI is InChI=1S/C26H30FNO7/c1-15(2)14-35-21-12-16(6-8-20(21)34-5)23-22(25(30)26(31)28(23)10-11-32-3)24(29)18-13-17(27)7-9-19(18)33-4/h6-9,12-13,15,23,29H,10-11,14H2,1-5H3/b24-22+. The normalized spacial score (nSPS) is 17.2. The van der Waals surface area contributed by atoms with Crippen LogP contribution in [0.5, 0.6) is 17.2 Å². The molecular formula is C26H30FNO7. The number of carbonyl (C=O) groups excluding carboxylic acids is 2. The van der Waals surface area contributed by atoms with Crippen molar-refractivity contribution in [3.8, 4) is 17.2 Å². The second kappa shape index (κ2) is 11.2. The van der Waals surface area contributed by atoms with Gasteiger partial charge in [-0.25, -0.2) is 4.39 Å². The van der Waals surface area contributed by atoms with E-state index in [-0.39, 0.29) is 36.0 Å². The number of halogens is 1. The number of hydrogen-bond acceptors (Lipinski definition) is 7. The van der Waals surface area contributed by atoms with Crippen LogP contribution in [0, 0.1) is 11.7 Å². The first kappa shape index (κ1) is 26.0. The van der Waals surface area contributed by atoms with Crippen molar-refractivity contribution >= 4 is 17.4 Å². The van der Waals surface area contributed by atoms with E-state index in [1.165, 1.54) is 38.4 Å². The van der Waals surface area contributed by atoms with Crippen molar-refractivity contribution in [2.24, 2.45) is 5.92 Å². The van der Waals surface area contributed by atoms with E-state index in [0.29, 0.717) is 23.7 Å². The zero-order chi connectivity index (χ0) is 25.7. The van der Waals surface area contributed by atoms with Crippen LogP contribution in [-0.4, -0.2) is 62.8 Å². The molecule has 188 valence electrons. The van der Waals surface area contributed by atoms with Crippen molar-refractivity contribution in [3.63, 3.8) is 0 Å². The van der Waals surface area contributed by atoms with E-state index in [2.05, 4.69) is 0 Å². The number of methoxy groups -OCH3 is 3. The lowest BCUT2D eigenvalue weighted by Gasteiger charge is -2.26. The molecular weight excluding hydrogens is 457 g/mol. The Labute approximate surface area is 203 Å². The maximum atomic E-state index is 14.1. The lowest BCUT2D eigenvalue weighted by molar-refractivity contribution is -0.140. The van der Waals surface area contributed by atoms with Crippen LogP contribution in [0.15, 0.2) is 42.0 Å². The van der Waals surface area contributed by atoms with Gasteiger partial charge in [-0.05, 0) is 41.8 Å². The second-order valence-corrected chi connectivity index (χ2v) is 8.45. The molecule has 1 unspecified atom stereocenters. The van der Waals surface area contributed by atoms with E-state index in [4.69, 9.17) is 18.9 Å². The number of ether oxygens (including phenoxy) is 4. The Balaban J connectivity index is 2.22. The Morgan fingerprint density at radius 3 is 2.34 bits per heavy atom. The summed E-state index contributed by atoms with van der Waals surface area (Å²) in [7, 11) is 4.35. The molecule has 2 aromatic carbocycles. The van der Waals surface area contributed by atoms with Crippen LogP contribution in [0.2, 0.25) is 0 Å². The molecule has 9 heteroatoms. The van der Waals surface area contributed by atoms with E-state index in [0.717, 1.165) is 6.07 Å². The van der Waals surface area contributed by atoms with Gasteiger partial charge in [0.05, 0.1) is 44.6 Å². The van der Waals surface area contributed by atoms with Gasteiger partial charge in [0.2, 0.25) is 0 Å². The number of aliphatic hydroxyl groups excluding tert-OH is 1. The molecule has 1 amide bonds. The number of ketones is 1. The third kappa shape index (κ3) is 5.40. The zero-order valence-corrected chi connectivity index (χ0v) is 20.5. The highest BCUT2D eigenvalue weighted by Crippen LogP contribution is 2.43. The number of benzene rings is 2. The number of nitrogens with zero attached hydrogens (tertiary/aromatic N) is 1. The number of amides is 1. The summed E-state index contributed by atoms with van der Waals surface area (Å²) in [6.45, 7) is 4.69. The molecule has 1 aliphatic rings. The zero-order valence-electron chi connectivity index (χ0n) is 20.5. The summed E-state index contributed by atoms with van der Waals surface area (Å²) in [5.41, 5.74) is 0.291. The Kier molecular flexibility index (Phi) is 8.34. The minimum Gasteiger partial charge on any atom is -0.507 e. The molecule has 0 aliphatic carbocycles. The van der Waals surface area contributed by atoms with Crippen molar-refractivity contribution in [3.05, 3.63) is 58.9 Å². The topological polar surface area (TPSA) is 94.5 Å². The minimum absolute atomic E-state index is 0.0352. The molecule has 1 heterocycles. The fourth-order valence-corrected chi connectivity index (χ4v) is 3.89. The molecule has 8 nitrogen and oxygen atoms in total. The Hall–Kier alpha value is -3.59. The van der Waals surface area contributed by atoms with Gasteiger partial charge in [0.15, 0.2) is 11.5 Å². The van der Waals surface area contributed by atoms with Crippen LogP contribution in [0.3, 0.4) is 0 Å². The fraction of sp³-hybridized carbons (Fsp3) is 0.385. The maximum absolute atomic E-state index is 14.1. The van der Waals surface area contributed by atoms with Crippen LogP contribution in [0.1, 0.15) is 31.0 Å². The van der Waals surface area contributed by atoms with E-state index in [1.807, 2.05) is 13.8 Å². The van der Waals surface area contributed by atoms with Crippen molar-refractivity contribution in [1.82, 2.24) is 4.90 Å². The highest BCUT2D eigenvalue weighted by Gasteiger charge is 2.46. The summed E-state index contributed by atoms with van der Waals surface area (Å²) >= 11 is 0. The van der Waals surface area contributed by atoms with E-state index in [1.54, 1.807) is 18.2 Å². The first-order chi connectivity index (χ1) is 16.7. The van der Waals surface area contributed by atoms with E-state index in [9.17, 15) is 19.1 Å². The van der Waals surface area contributed by atoms with Gasteiger partial charge < -0.3 is 29.0 Å². The monoisotopic (exact) mass is 487 g/mol. The van der Waals surface area contributed by atoms with Gasteiger partial charge in [0, 0.05) is 13.7 Å². The number of carbonyl (C=O) groups is 2. The summed E-state index contributed by atoms with van der Waals surface area (Å²) in [6.07, 6.45) is 0. The SMILES string of the molecule is COCCN1C(=O)C(=O)/C(=C(/O)c2cc(F)ccc2OC)C1c1ccc(OC)c(OCC(C)C)c1. The predicted octanol–water partition coefficient (Wildman–Crippen LogP) is 3.95. The van der Waals surface area contributed by atoms with Crippen molar-refractivity contribution in [1.29, 1.82) is 0 Å². The Bertz CT molecular complexity index is 1130. The van der Waals surface area contributed by atoms with Crippen molar-refractivity contribution in [2.75, 3.05) is 41.1 Å². The summed E-state index contributed by atoms with van der Waals surface area (Å²) in [6, 6.07) is 7.63. The molecule has 1 aliphatic heterocycles. The smallest absolute Gasteiger partial charge is 0.295 e. The largest absolute Gasteiger partial charge is 0.507 e. The van der Waals surface area contributed by atoms with Crippen LogP contribution in [0.25, 0.3) is 5.76 Å². The number of rotatable bonds is 10. The molecule has 0 saturated carbocycles. The van der Waals surface area contributed by atoms with E-state index < -0.39 is 29.3 Å². The molecule has 1 N–H and O–H groups in total. The molecule has 0 spiro atoms. The quantitative estimate of drug-likeness (QED) is 0.308. The van der Waals surface area contributed by atoms with Gasteiger partial charge >= 0.3 is 0 Å². The third-order valence-electron chi connectivity index (χ3n) is 5.57. The fourth-order valence-electron chi connectivity index (χ4n) is 3.89. The molecule has 35 heavy (non-hydrogen) atoms. The van der Waals surface area contributed by atoms with Gasteiger partial charge in [0.1, 0.15) is 17.3 Å². The highest BCUT2D eigenvalue weighted by molar-refractivity contribution is 6.46. The lowest BCUT2D eigenvalue weighted by Crippen LogP contribution is -2.32. The summed E-state index contributed by atoms with van der Waals surface area (Å²) in [4.78, 5) is 27.5. The summed E-state index contributed by atoms with van der Waals surface area (Å²) in [5, 5.41) is 11.2. The van der Waals surface area contributed by atoms with Gasteiger partial charge in [-0.2, -0.15) is 0 Å². The average molecular weight is 488 g/mol. The maximum Gasteiger partial charge on any atom is 0.295 e. The predicted molar refractivity (Wildman–Crippen MR) is 127 cm³/mol. The van der Waals surface area contributed by atoms with Gasteiger partial charge in [-0.1, -0.05) is 19.9 Å². The van der Waals surface area contributed by atoms with Gasteiger partial charge in [-0.3, -0.25) is 9.59 Å². The van der Waals surface area contributed by atoms with Crippen LogP contribution in [-0.2, 0) is 14.3 Å². The Morgan fingerprint density at radius 2 is 1.71 bits per heavy atom. The molecule has 1 saturated heterocycles. The minimum atomic E-state index is -0.967. The van der Waals surface area contributed by atoms with Crippen molar-refractivity contribution < 1.29 is 38.0 Å². The molecule has 1 fully saturated rings. The van der Waals surface area contributed by atoms with Gasteiger partial charge in [-0.15, -0.1) is 0 Å². The van der Waals surface area contributed by atoms with Gasteiger partial charge in [0.25, 0.3) is 11.7 Å². The number of Topliss-reactive ketones (excluding diaryl/α,β-unsaturated/α-hetero) is 1. The first-order valence-corrected chi connectivity index (χ1v) is 11.1. The molecule has 0 aromatic heterocycles. The first-order valence-electron chi connectivity index (χ1n) is 11.1. The highest BCUT2D eigenvalue weighted by atomic mass is 19.1. The van der Waals surface area contributed by atoms with E-state index >= 15 is 0 Å². The molecule has 0 radical (unpaired) electrons. The van der Waals surface area contributed by atoms with Crippen LogP contribution >= 0.6 is 0 Å². The summed E-state index contributed by atoms with van der Waals surface area (Å²) in [5.74, 6) is -1.55. The second-order valence-electron chi connectivity index (χ2n) is 8.45. The molecule has 1 atom stereocenters. The number of aliphatic hydroxyl groups is 1. The lowest BCUT2D eigenvalue weighted by atomic mass is 9.94. The number of likely N-dealkylation sites (tertiary alicyclic amines) is 1. The average Bonchev–Trinajstić information content (AvgIpc) is 3.10. The van der Waals surface area contributed by atoms with Crippen LogP contribution in [0.4, 0.5) is 4.39 Å².